The number of carbonyl (C=O) groups excluding carboxylic acids is 1. The summed E-state index contributed by atoms with van der Waals surface area (Å²) >= 11 is 1.20. The van der Waals surface area contributed by atoms with Gasteiger partial charge in [-0.3, -0.25) is 9.78 Å². The lowest BCUT2D eigenvalue weighted by Gasteiger charge is -2.04. The first kappa shape index (κ1) is 11.5. The Morgan fingerprint density at radius 1 is 1.41 bits per heavy atom. The van der Waals surface area contributed by atoms with Crippen LogP contribution < -0.4 is 10.6 Å². The van der Waals surface area contributed by atoms with E-state index < -0.39 is 0 Å². The average molecular weight is 249 g/mol. The maximum absolute atomic E-state index is 11.8. The molecule has 0 saturated heterocycles. The van der Waals surface area contributed by atoms with Gasteiger partial charge in [0, 0.05) is 13.2 Å². The summed E-state index contributed by atoms with van der Waals surface area (Å²) < 4.78 is 0. The topological polar surface area (TPSA) is 79.8 Å². The minimum atomic E-state index is -0.278. The van der Waals surface area contributed by atoms with E-state index in [1.54, 1.807) is 25.4 Å². The molecule has 0 aliphatic rings. The smallest absolute Gasteiger partial charge is 0.286 e. The van der Waals surface area contributed by atoms with Gasteiger partial charge in [-0.2, -0.15) is 0 Å². The van der Waals surface area contributed by atoms with Crippen molar-refractivity contribution in [1.82, 2.24) is 15.2 Å². The Bertz CT molecular complexity index is 539. The van der Waals surface area contributed by atoms with Gasteiger partial charge in [0.05, 0.1) is 11.4 Å². The quantitative estimate of drug-likeness (QED) is 0.862. The molecule has 6 nitrogen and oxygen atoms in total. The highest BCUT2D eigenvalue weighted by atomic mass is 32.1. The van der Waals surface area contributed by atoms with E-state index in [1.807, 2.05) is 6.92 Å². The van der Waals surface area contributed by atoms with Crippen molar-refractivity contribution in [3.05, 3.63) is 29.0 Å². The van der Waals surface area contributed by atoms with E-state index in [1.165, 1.54) is 11.3 Å². The molecule has 2 rings (SSSR count). The molecule has 0 unspecified atom stereocenters. The van der Waals surface area contributed by atoms with Crippen LogP contribution in [-0.4, -0.2) is 28.1 Å². The first-order valence-electron chi connectivity index (χ1n) is 4.95. The second kappa shape index (κ2) is 4.88. The highest BCUT2D eigenvalue weighted by molar-refractivity contribution is 7.17. The molecule has 2 heterocycles. The summed E-state index contributed by atoms with van der Waals surface area (Å²) in [6.07, 6.45) is 1.68. The van der Waals surface area contributed by atoms with E-state index in [0.717, 1.165) is 5.69 Å². The molecule has 1 amide bonds. The lowest BCUT2D eigenvalue weighted by Crippen LogP contribution is -2.12. The maximum atomic E-state index is 11.8. The Kier molecular flexibility index (Phi) is 3.29. The third-order valence-corrected chi connectivity index (χ3v) is 3.03. The number of aromatic nitrogens is 3. The van der Waals surface area contributed by atoms with Crippen LogP contribution in [0.3, 0.4) is 0 Å². The van der Waals surface area contributed by atoms with Gasteiger partial charge < -0.3 is 10.6 Å². The molecule has 0 aromatic carbocycles. The lowest BCUT2D eigenvalue weighted by molar-refractivity contribution is 0.102. The minimum Gasteiger partial charge on any atom is -0.363 e. The Balaban J connectivity index is 2.14. The molecule has 17 heavy (non-hydrogen) atoms. The van der Waals surface area contributed by atoms with Gasteiger partial charge in [0.25, 0.3) is 5.91 Å². The van der Waals surface area contributed by atoms with E-state index >= 15 is 0 Å². The summed E-state index contributed by atoms with van der Waals surface area (Å²) in [5, 5.41) is 14.1. The number of hydrogen-bond donors (Lipinski definition) is 2. The first-order chi connectivity index (χ1) is 8.20. The van der Waals surface area contributed by atoms with Crippen molar-refractivity contribution in [2.24, 2.45) is 0 Å². The van der Waals surface area contributed by atoms with Crippen molar-refractivity contribution < 1.29 is 4.79 Å². The van der Waals surface area contributed by atoms with Gasteiger partial charge in [-0.1, -0.05) is 11.3 Å². The average Bonchev–Trinajstić information content (AvgIpc) is 2.81. The summed E-state index contributed by atoms with van der Waals surface area (Å²) in [7, 11) is 1.73. The zero-order valence-electron chi connectivity index (χ0n) is 9.39. The molecule has 0 radical (unpaired) electrons. The van der Waals surface area contributed by atoms with E-state index in [4.69, 9.17) is 0 Å². The number of nitrogens with zero attached hydrogens (tertiary/aromatic N) is 3. The van der Waals surface area contributed by atoms with Gasteiger partial charge in [-0.15, -0.1) is 10.2 Å². The monoisotopic (exact) mass is 249 g/mol. The van der Waals surface area contributed by atoms with Gasteiger partial charge in [0.1, 0.15) is 0 Å². The van der Waals surface area contributed by atoms with Crippen LogP contribution in [0.5, 0.6) is 0 Å². The number of amides is 1. The summed E-state index contributed by atoms with van der Waals surface area (Å²) in [6.45, 7) is 1.83. The number of nitrogens with one attached hydrogen (secondary N) is 2. The highest BCUT2D eigenvalue weighted by Gasteiger charge is 2.13. The van der Waals surface area contributed by atoms with Crippen LogP contribution in [0.15, 0.2) is 18.3 Å². The number of aryl methyl sites for hydroxylation is 1. The normalized spacial score (nSPS) is 10.0. The molecule has 0 fully saturated rings. The van der Waals surface area contributed by atoms with Crippen molar-refractivity contribution in [3.8, 4) is 0 Å². The fraction of sp³-hybridized carbons (Fsp3) is 0.200. The zero-order valence-corrected chi connectivity index (χ0v) is 10.2. The Morgan fingerprint density at radius 3 is 2.88 bits per heavy atom. The molecule has 2 aromatic heterocycles. The maximum Gasteiger partial charge on any atom is 0.286 e. The third-order valence-electron chi connectivity index (χ3n) is 2.09. The summed E-state index contributed by atoms with van der Waals surface area (Å²) in [6, 6.07) is 3.56. The fourth-order valence-corrected chi connectivity index (χ4v) is 1.80. The minimum absolute atomic E-state index is 0.278. The second-order valence-corrected chi connectivity index (χ2v) is 4.23. The number of pyridine rings is 1. The molecule has 88 valence electrons. The van der Waals surface area contributed by atoms with Crippen molar-refractivity contribution in [2.75, 3.05) is 17.7 Å². The SMILES string of the molecule is CNc1nnc(C(=O)Nc2cccnc2C)s1. The number of anilines is 2. The predicted molar refractivity (Wildman–Crippen MR) is 66.4 cm³/mol. The van der Waals surface area contributed by atoms with Crippen LogP contribution in [0, 0.1) is 6.92 Å². The third kappa shape index (κ3) is 2.56. The van der Waals surface area contributed by atoms with Crippen molar-refractivity contribution in [1.29, 1.82) is 0 Å². The van der Waals surface area contributed by atoms with Crippen molar-refractivity contribution in [3.63, 3.8) is 0 Å². The van der Waals surface area contributed by atoms with E-state index in [9.17, 15) is 4.79 Å². The molecule has 2 aromatic rings. The molecule has 0 saturated carbocycles. The van der Waals surface area contributed by atoms with Gasteiger partial charge in [-0.25, -0.2) is 0 Å². The molecule has 0 aliphatic carbocycles. The number of rotatable bonds is 3. The molecular weight excluding hydrogens is 238 g/mol. The second-order valence-electron chi connectivity index (χ2n) is 3.25. The number of hydrogen-bond acceptors (Lipinski definition) is 6. The predicted octanol–water partition coefficient (Wildman–Crippen LogP) is 1.54. The Morgan fingerprint density at radius 2 is 2.24 bits per heavy atom. The van der Waals surface area contributed by atoms with Crippen molar-refractivity contribution in [2.45, 2.75) is 6.92 Å². The number of carbonyl (C=O) groups is 1. The molecule has 7 heteroatoms. The van der Waals surface area contributed by atoms with E-state index in [-0.39, 0.29) is 5.91 Å². The van der Waals surface area contributed by atoms with Gasteiger partial charge in [0.2, 0.25) is 10.1 Å². The van der Waals surface area contributed by atoms with Crippen LogP contribution in [-0.2, 0) is 0 Å². The standard InChI is InChI=1S/C10H11N5OS/c1-6-7(4-3-5-12-6)13-8(16)9-14-15-10(11-2)17-9/h3-5H,1-2H3,(H,11,15)(H,13,16). The van der Waals surface area contributed by atoms with Gasteiger partial charge >= 0.3 is 0 Å². The van der Waals surface area contributed by atoms with Crippen molar-refractivity contribution >= 4 is 28.1 Å². The first-order valence-corrected chi connectivity index (χ1v) is 5.76. The molecule has 2 N–H and O–H groups in total. The highest BCUT2D eigenvalue weighted by Crippen LogP contribution is 2.17. The summed E-state index contributed by atoms with van der Waals surface area (Å²) in [4.78, 5) is 15.9. The molecule has 0 spiro atoms. The van der Waals surface area contributed by atoms with Crippen LogP contribution in [0.4, 0.5) is 10.8 Å². The molecule has 0 atom stereocenters. The summed E-state index contributed by atoms with van der Waals surface area (Å²) in [5.41, 5.74) is 1.44. The Hall–Kier alpha value is -2.02. The van der Waals surface area contributed by atoms with Gasteiger partial charge in [0.15, 0.2) is 0 Å². The molecular formula is C10H11N5OS. The lowest BCUT2D eigenvalue weighted by atomic mass is 10.3. The van der Waals surface area contributed by atoms with Crippen LogP contribution >= 0.6 is 11.3 Å². The molecule has 0 bridgehead atoms. The van der Waals surface area contributed by atoms with Crippen LogP contribution in [0.2, 0.25) is 0 Å². The van der Waals surface area contributed by atoms with E-state index in [2.05, 4.69) is 25.8 Å². The van der Waals surface area contributed by atoms with Crippen LogP contribution in [0.25, 0.3) is 0 Å². The van der Waals surface area contributed by atoms with E-state index in [0.29, 0.717) is 15.8 Å². The largest absolute Gasteiger partial charge is 0.363 e. The fourth-order valence-electron chi connectivity index (χ4n) is 1.21. The van der Waals surface area contributed by atoms with Gasteiger partial charge in [-0.05, 0) is 19.1 Å². The zero-order chi connectivity index (χ0) is 12.3. The Labute approximate surface area is 102 Å². The van der Waals surface area contributed by atoms with Crippen LogP contribution in [0.1, 0.15) is 15.5 Å². The summed E-state index contributed by atoms with van der Waals surface area (Å²) in [5.74, 6) is -0.278. The molecule has 0 aliphatic heterocycles.